The third kappa shape index (κ3) is 2.87. The van der Waals surface area contributed by atoms with E-state index in [1.807, 2.05) is 38.1 Å². The fourth-order valence-corrected chi connectivity index (χ4v) is 1.75. The molecular formula is C15H18N2O. The van der Waals surface area contributed by atoms with Crippen LogP contribution in [0.3, 0.4) is 0 Å². The van der Waals surface area contributed by atoms with E-state index < -0.39 is 0 Å². The quantitative estimate of drug-likeness (QED) is 0.896. The molecule has 1 unspecified atom stereocenters. The van der Waals surface area contributed by atoms with Crippen molar-refractivity contribution in [2.24, 2.45) is 5.73 Å². The lowest BCUT2D eigenvalue weighted by Gasteiger charge is -2.10. The Morgan fingerprint density at radius 1 is 1.17 bits per heavy atom. The van der Waals surface area contributed by atoms with Crippen LogP contribution in [0.2, 0.25) is 0 Å². The van der Waals surface area contributed by atoms with Crippen LogP contribution in [0.5, 0.6) is 11.6 Å². The number of benzene rings is 1. The minimum atomic E-state index is -0.00680. The van der Waals surface area contributed by atoms with Gasteiger partial charge in [0.05, 0.1) is 0 Å². The van der Waals surface area contributed by atoms with Crippen LogP contribution in [-0.4, -0.2) is 4.98 Å². The van der Waals surface area contributed by atoms with Gasteiger partial charge in [-0.25, -0.2) is 4.98 Å². The van der Waals surface area contributed by atoms with Gasteiger partial charge in [-0.05, 0) is 38.0 Å². The molecule has 18 heavy (non-hydrogen) atoms. The van der Waals surface area contributed by atoms with Crippen LogP contribution in [0.4, 0.5) is 0 Å². The molecule has 0 aliphatic heterocycles. The number of aryl methyl sites for hydroxylation is 2. The first-order chi connectivity index (χ1) is 8.56. The zero-order chi connectivity index (χ0) is 13.1. The van der Waals surface area contributed by atoms with Crippen LogP contribution in [-0.2, 0) is 0 Å². The SMILES string of the molecule is Cc1ccc(Oc2ccc(C(C)N)cn2)c(C)c1. The number of nitrogens with zero attached hydrogens (tertiary/aromatic N) is 1. The Kier molecular flexibility index (Phi) is 3.63. The molecule has 2 aromatic rings. The third-order valence-electron chi connectivity index (χ3n) is 2.83. The molecule has 1 heterocycles. The monoisotopic (exact) mass is 242 g/mol. The average Bonchev–Trinajstić information content (AvgIpc) is 2.33. The van der Waals surface area contributed by atoms with E-state index in [1.54, 1.807) is 6.20 Å². The predicted octanol–water partition coefficient (Wildman–Crippen LogP) is 3.51. The maximum atomic E-state index is 5.78. The normalized spacial score (nSPS) is 12.2. The van der Waals surface area contributed by atoms with Gasteiger partial charge in [-0.2, -0.15) is 0 Å². The highest BCUT2D eigenvalue weighted by atomic mass is 16.5. The van der Waals surface area contributed by atoms with Crippen LogP contribution in [0.1, 0.15) is 29.7 Å². The van der Waals surface area contributed by atoms with Crippen LogP contribution < -0.4 is 10.5 Å². The largest absolute Gasteiger partial charge is 0.439 e. The molecule has 0 aliphatic rings. The van der Waals surface area contributed by atoms with Crippen molar-refractivity contribution < 1.29 is 4.74 Å². The van der Waals surface area contributed by atoms with E-state index in [9.17, 15) is 0 Å². The summed E-state index contributed by atoms with van der Waals surface area (Å²) in [6.07, 6.45) is 1.75. The number of aromatic nitrogens is 1. The molecule has 2 rings (SSSR count). The van der Waals surface area contributed by atoms with Crippen molar-refractivity contribution in [2.45, 2.75) is 26.8 Å². The van der Waals surface area contributed by atoms with E-state index in [0.717, 1.165) is 16.9 Å². The second kappa shape index (κ2) is 5.19. The molecule has 3 heteroatoms. The molecule has 2 N–H and O–H groups in total. The maximum Gasteiger partial charge on any atom is 0.219 e. The van der Waals surface area contributed by atoms with Crippen LogP contribution >= 0.6 is 0 Å². The van der Waals surface area contributed by atoms with E-state index in [-0.39, 0.29) is 6.04 Å². The maximum absolute atomic E-state index is 5.78. The topological polar surface area (TPSA) is 48.1 Å². The first kappa shape index (κ1) is 12.6. The van der Waals surface area contributed by atoms with Gasteiger partial charge in [0.1, 0.15) is 5.75 Å². The standard InChI is InChI=1S/C15H18N2O/c1-10-4-6-14(11(2)8-10)18-15-7-5-13(9-17-15)12(3)16/h4-9,12H,16H2,1-3H3. The molecule has 0 amide bonds. The summed E-state index contributed by atoms with van der Waals surface area (Å²) in [7, 11) is 0. The molecule has 0 bridgehead atoms. The van der Waals surface area contributed by atoms with Crippen molar-refractivity contribution in [1.29, 1.82) is 0 Å². The lowest BCUT2D eigenvalue weighted by Crippen LogP contribution is -2.05. The van der Waals surface area contributed by atoms with Gasteiger partial charge in [0.25, 0.3) is 0 Å². The number of pyridine rings is 1. The molecule has 1 aromatic heterocycles. The number of hydrogen-bond acceptors (Lipinski definition) is 3. The molecule has 3 nitrogen and oxygen atoms in total. The van der Waals surface area contributed by atoms with Crippen molar-refractivity contribution in [1.82, 2.24) is 4.98 Å². The van der Waals surface area contributed by atoms with E-state index >= 15 is 0 Å². The highest BCUT2D eigenvalue weighted by molar-refractivity contribution is 5.38. The Bertz CT molecular complexity index is 533. The Labute approximate surface area is 108 Å². The first-order valence-electron chi connectivity index (χ1n) is 6.03. The molecule has 0 fully saturated rings. The summed E-state index contributed by atoms with van der Waals surface area (Å²) in [4.78, 5) is 4.26. The van der Waals surface area contributed by atoms with E-state index in [1.165, 1.54) is 5.56 Å². The molecule has 1 aromatic carbocycles. The zero-order valence-electron chi connectivity index (χ0n) is 11.0. The van der Waals surface area contributed by atoms with E-state index in [2.05, 4.69) is 18.0 Å². The Hall–Kier alpha value is -1.87. The van der Waals surface area contributed by atoms with Crippen LogP contribution in [0.25, 0.3) is 0 Å². The summed E-state index contributed by atoms with van der Waals surface area (Å²) in [5, 5.41) is 0. The predicted molar refractivity (Wildman–Crippen MR) is 72.8 cm³/mol. The van der Waals surface area contributed by atoms with Gasteiger partial charge in [-0.3, -0.25) is 0 Å². The van der Waals surface area contributed by atoms with Crippen LogP contribution in [0, 0.1) is 13.8 Å². The minimum Gasteiger partial charge on any atom is -0.439 e. The zero-order valence-corrected chi connectivity index (χ0v) is 11.0. The summed E-state index contributed by atoms with van der Waals surface area (Å²) in [5.41, 5.74) is 9.11. The van der Waals surface area contributed by atoms with Gasteiger partial charge in [-0.1, -0.05) is 23.8 Å². The van der Waals surface area contributed by atoms with Gasteiger partial charge in [0, 0.05) is 18.3 Å². The fourth-order valence-electron chi connectivity index (χ4n) is 1.75. The van der Waals surface area contributed by atoms with Crippen molar-refractivity contribution in [3.63, 3.8) is 0 Å². The summed E-state index contributed by atoms with van der Waals surface area (Å²) >= 11 is 0. The molecule has 0 aliphatic carbocycles. The number of hydrogen-bond donors (Lipinski definition) is 1. The van der Waals surface area contributed by atoms with Crippen molar-refractivity contribution in [2.75, 3.05) is 0 Å². The molecule has 0 saturated carbocycles. The van der Waals surface area contributed by atoms with E-state index in [4.69, 9.17) is 10.5 Å². The number of rotatable bonds is 3. The van der Waals surface area contributed by atoms with Gasteiger partial charge in [0.15, 0.2) is 0 Å². The summed E-state index contributed by atoms with van der Waals surface area (Å²) in [6.45, 7) is 6.02. The molecule has 0 spiro atoms. The lowest BCUT2D eigenvalue weighted by molar-refractivity contribution is 0.458. The summed E-state index contributed by atoms with van der Waals surface area (Å²) in [5.74, 6) is 1.42. The lowest BCUT2D eigenvalue weighted by atomic mass is 10.1. The van der Waals surface area contributed by atoms with Gasteiger partial charge >= 0.3 is 0 Å². The van der Waals surface area contributed by atoms with Crippen LogP contribution in [0.15, 0.2) is 36.5 Å². The van der Waals surface area contributed by atoms with Gasteiger partial charge in [0.2, 0.25) is 5.88 Å². The van der Waals surface area contributed by atoms with Crippen molar-refractivity contribution >= 4 is 0 Å². The molecular weight excluding hydrogens is 224 g/mol. The summed E-state index contributed by atoms with van der Waals surface area (Å²) < 4.78 is 5.75. The highest BCUT2D eigenvalue weighted by Crippen LogP contribution is 2.24. The molecule has 0 saturated heterocycles. The van der Waals surface area contributed by atoms with E-state index in [0.29, 0.717) is 5.88 Å². The van der Waals surface area contributed by atoms with Crippen molar-refractivity contribution in [3.05, 3.63) is 53.2 Å². The number of nitrogens with two attached hydrogens (primary N) is 1. The Morgan fingerprint density at radius 3 is 2.50 bits per heavy atom. The Balaban J connectivity index is 2.18. The smallest absolute Gasteiger partial charge is 0.219 e. The molecule has 1 atom stereocenters. The highest BCUT2D eigenvalue weighted by Gasteiger charge is 2.04. The second-order valence-corrected chi connectivity index (χ2v) is 4.59. The Morgan fingerprint density at radius 2 is 1.94 bits per heavy atom. The van der Waals surface area contributed by atoms with Gasteiger partial charge < -0.3 is 10.5 Å². The number of ether oxygens (including phenoxy) is 1. The first-order valence-corrected chi connectivity index (χ1v) is 6.03. The summed E-state index contributed by atoms with van der Waals surface area (Å²) in [6, 6.07) is 9.86. The van der Waals surface area contributed by atoms with Crippen molar-refractivity contribution in [3.8, 4) is 11.6 Å². The fraction of sp³-hybridized carbons (Fsp3) is 0.267. The average molecular weight is 242 g/mol. The third-order valence-corrected chi connectivity index (χ3v) is 2.83. The minimum absolute atomic E-state index is 0.00680. The van der Waals surface area contributed by atoms with Gasteiger partial charge in [-0.15, -0.1) is 0 Å². The molecule has 0 radical (unpaired) electrons. The molecule has 94 valence electrons. The second-order valence-electron chi connectivity index (χ2n) is 4.59.